The Bertz CT molecular complexity index is 227. The van der Waals surface area contributed by atoms with Gasteiger partial charge in [0.05, 0.1) is 0 Å². The molecule has 4 nitrogen and oxygen atoms in total. The number of nitrogens with zero attached hydrogens (tertiary/aromatic N) is 2. The summed E-state index contributed by atoms with van der Waals surface area (Å²) >= 11 is 1.86. The minimum atomic E-state index is 0.237. The molecule has 2 N–H and O–H groups in total. The summed E-state index contributed by atoms with van der Waals surface area (Å²) in [6, 6.07) is 0. The third kappa shape index (κ3) is 9.30. The van der Waals surface area contributed by atoms with E-state index in [9.17, 15) is 0 Å². The van der Waals surface area contributed by atoms with Gasteiger partial charge in [-0.25, -0.2) is 0 Å². The van der Waals surface area contributed by atoms with Gasteiger partial charge < -0.3 is 15.5 Å². The largest absolute Gasteiger partial charge is 0.356 e. The molecule has 0 aliphatic carbocycles. The lowest BCUT2D eigenvalue weighted by Crippen LogP contribution is -2.43. The van der Waals surface area contributed by atoms with Gasteiger partial charge in [-0.05, 0) is 47.2 Å². The Morgan fingerprint density at radius 1 is 1.29 bits per heavy atom. The van der Waals surface area contributed by atoms with Gasteiger partial charge in [0.25, 0.3) is 0 Å². The first-order valence-corrected chi connectivity index (χ1v) is 7.28. The second-order valence-corrected chi connectivity index (χ2v) is 6.49. The van der Waals surface area contributed by atoms with Crippen LogP contribution in [0, 0.1) is 0 Å². The molecule has 0 rings (SSSR count). The Morgan fingerprint density at radius 2 is 1.94 bits per heavy atom. The van der Waals surface area contributed by atoms with E-state index in [1.54, 1.807) is 0 Å². The Balaban J connectivity index is 3.79. The zero-order valence-electron chi connectivity index (χ0n) is 12.1. The fourth-order valence-electron chi connectivity index (χ4n) is 1.19. The maximum atomic E-state index is 4.21. The fraction of sp³-hybridized carbons (Fsp3) is 0.917. The van der Waals surface area contributed by atoms with Gasteiger partial charge in [0.15, 0.2) is 5.96 Å². The molecular formula is C12H28N4S. The van der Waals surface area contributed by atoms with E-state index < -0.39 is 0 Å². The number of nitrogens with one attached hydrogen (secondary N) is 2. The van der Waals surface area contributed by atoms with Gasteiger partial charge >= 0.3 is 0 Å². The van der Waals surface area contributed by atoms with Gasteiger partial charge in [0.1, 0.15) is 0 Å². The van der Waals surface area contributed by atoms with Crippen LogP contribution < -0.4 is 10.6 Å². The Labute approximate surface area is 111 Å². The smallest absolute Gasteiger partial charge is 0.191 e. The lowest BCUT2D eigenvalue weighted by Gasteiger charge is -2.23. The molecule has 0 fully saturated rings. The number of hydrogen-bond acceptors (Lipinski definition) is 3. The van der Waals surface area contributed by atoms with Crippen LogP contribution in [0.4, 0.5) is 0 Å². The molecule has 0 amide bonds. The Kier molecular flexibility index (Phi) is 8.43. The second kappa shape index (κ2) is 8.64. The second-order valence-electron chi connectivity index (χ2n) is 4.97. The summed E-state index contributed by atoms with van der Waals surface area (Å²) in [5.74, 6) is 0.894. The van der Waals surface area contributed by atoms with Gasteiger partial charge in [-0.2, -0.15) is 11.8 Å². The van der Waals surface area contributed by atoms with E-state index in [-0.39, 0.29) is 4.75 Å². The monoisotopic (exact) mass is 260 g/mol. The molecule has 0 heterocycles. The number of guanidine groups is 1. The molecule has 0 radical (unpaired) electrons. The molecule has 0 aliphatic heterocycles. The highest BCUT2D eigenvalue weighted by atomic mass is 32.2. The molecule has 0 spiro atoms. The van der Waals surface area contributed by atoms with Gasteiger partial charge in [-0.15, -0.1) is 0 Å². The summed E-state index contributed by atoms with van der Waals surface area (Å²) < 4.78 is 0.237. The lowest BCUT2D eigenvalue weighted by atomic mass is 10.2. The first kappa shape index (κ1) is 16.6. The van der Waals surface area contributed by atoms with E-state index in [1.165, 1.54) is 0 Å². The van der Waals surface area contributed by atoms with Gasteiger partial charge in [-0.3, -0.25) is 4.99 Å². The fourth-order valence-corrected chi connectivity index (χ4v) is 1.41. The molecule has 0 bridgehead atoms. The van der Waals surface area contributed by atoms with Crippen LogP contribution in [0.25, 0.3) is 0 Å². The summed E-state index contributed by atoms with van der Waals surface area (Å²) in [4.78, 5) is 6.40. The first-order chi connectivity index (χ1) is 7.91. The number of aliphatic imine (C=N–C) groups is 1. The topological polar surface area (TPSA) is 39.7 Å². The molecule has 0 unspecified atom stereocenters. The maximum absolute atomic E-state index is 4.21. The lowest BCUT2D eigenvalue weighted by molar-refractivity contribution is 0.399. The van der Waals surface area contributed by atoms with Gasteiger partial charge in [0, 0.05) is 24.9 Å². The maximum Gasteiger partial charge on any atom is 0.191 e. The van der Waals surface area contributed by atoms with Gasteiger partial charge in [-0.1, -0.05) is 0 Å². The third-order valence-corrected chi connectivity index (χ3v) is 3.78. The summed E-state index contributed by atoms with van der Waals surface area (Å²) in [5, 5.41) is 6.68. The van der Waals surface area contributed by atoms with E-state index >= 15 is 0 Å². The average Bonchev–Trinajstić information content (AvgIpc) is 2.28. The summed E-state index contributed by atoms with van der Waals surface area (Å²) in [7, 11) is 6.00. The molecule has 0 aromatic carbocycles. The van der Waals surface area contributed by atoms with E-state index in [2.05, 4.69) is 54.7 Å². The SMILES string of the molecule is CN=C(NCCCN(C)C)NCC(C)(C)SC. The zero-order valence-corrected chi connectivity index (χ0v) is 12.9. The van der Waals surface area contributed by atoms with Crippen molar-refractivity contribution in [2.24, 2.45) is 4.99 Å². The van der Waals surface area contributed by atoms with Crippen LogP contribution >= 0.6 is 11.8 Å². The third-order valence-electron chi connectivity index (χ3n) is 2.53. The van der Waals surface area contributed by atoms with Crippen LogP contribution in [0.5, 0.6) is 0 Å². The van der Waals surface area contributed by atoms with Crippen molar-refractivity contribution >= 4 is 17.7 Å². The van der Waals surface area contributed by atoms with Crippen LogP contribution in [0.3, 0.4) is 0 Å². The first-order valence-electron chi connectivity index (χ1n) is 6.05. The summed E-state index contributed by atoms with van der Waals surface area (Å²) in [6.45, 7) is 7.42. The van der Waals surface area contributed by atoms with E-state index in [0.29, 0.717) is 0 Å². The van der Waals surface area contributed by atoms with Crippen molar-refractivity contribution < 1.29 is 0 Å². The highest BCUT2D eigenvalue weighted by Crippen LogP contribution is 2.19. The molecule has 0 saturated heterocycles. The van der Waals surface area contributed by atoms with Gasteiger partial charge in [0.2, 0.25) is 0 Å². The Hall–Kier alpha value is -0.420. The van der Waals surface area contributed by atoms with Crippen LogP contribution in [0.15, 0.2) is 4.99 Å². The van der Waals surface area contributed by atoms with E-state index in [4.69, 9.17) is 0 Å². The highest BCUT2D eigenvalue weighted by molar-refractivity contribution is 7.99. The van der Waals surface area contributed by atoms with Crippen molar-refractivity contribution in [3.63, 3.8) is 0 Å². The molecule has 17 heavy (non-hydrogen) atoms. The zero-order chi connectivity index (χ0) is 13.3. The van der Waals surface area contributed by atoms with Crippen molar-refractivity contribution in [2.45, 2.75) is 25.0 Å². The van der Waals surface area contributed by atoms with Crippen molar-refractivity contribution in [1.29, 1.82) is 0 Å². The molecule has 5 heteroatoms. The van der Waals surface area contributed by atoms with Crippen LogP contribution in [-0.2, 0) is 0 Å². The predicted octanol–water partition coefficient (Wildman–Crippen LogP) is 1.24. The van der Waals surface area contributed by atoms with Crippen molar-refractivity contribution in [3.05, 3.63) is 0 Å². The van der Waals surface area contributed by atoms with Crippen LogP contribution in [0.2, 0.25) is 0 Å². The molecule has 0 aromatic rings. The van der Waals surface area contributed by atoms with Crippen LogP contribution in [0.1, 0.15) is 20.3 Å². The number of hydrogen-bond donors (Lipinski definition) is 2. The highest BCUT2D eigenvalue weighted by Gasteiger charge is 2.15. The van der Waals surface area contributed by atoms with Crippen molar-refractivity contribution in [2.75, 3.05) is 47.0 Å². The molecule has 0 saturated carbocycles. The van der Waals surface area contributed by atoms with Crippen molar-refractivity contribution in [1.82, 2.24) is 15.5 Å². The molecule has 102 valence electrons. The van der Waals surface area contributed by atoms with Crippen LogP contribution in [-0.4, -0.2) is 62.6 Å². The molecule has 0 atom stereocenters. The van der Waals surface area contributed by atoms with Crippen molar-refractivity contribution in [3.8, 4) is 0 Å². The summed E-state index contributed by atoms with van der Waals surface area (Å²) in [6.07, 6.45) is 3.26. The minimum Gasteiger partial charge on any atom is -0.356 e. The molecule has 0 aliphatic rings. The van der Waals surface area contributed by atoms with E-state index in [0.717, 1.165) is 32.0 Å². The standard InChI is InChI=1S/C12H28N4S/c1-12(2,17-6)10-15-11(13-3)14-8-7-9-16(4)5/h7-10H2,1-6H3,(H2,13,14,15). The minimum absolute atomic E-state index is 0.237. The number of thioether (sulfide) groups is 1. The quantitative estimate of drug-likeness (QED) is 0.410. The average molecular weight is 260 g/mol. The Morgan fingerprint density at radius 3 is 2.41 bits per heavy atom. The normalized spacial score (nSPS) is 13.0. The van der Waals surface area contributed by atoms with E-state index in [1.807, 2.05) is 18.8 Å². The molecule has 0 aromatic heterocycles. The number of rotatable bonds is 7. The predicted molar refractivity (Wildman–Crippen MR) is 80.1 cm³/mol. The summed E-state index contributed by atoms with van der Waals surface area (Å²) in [5.41, 5.74) is 0. The molecular weight excluding hydrogens is 232 g/mol.